The molecule has 3 rings (SSSR count). The first-order chi connectivity index (χ1) is 8.24. The maximum atomic E-state index is 10.6. The average Bonchev–Trinajstić information content (AvgIpc) is 2.88. The molecule has 0 saturated carbocycles. The molecule has 0 amide bonds. The maximum Gasteiger partial charge on any atom is 0.303 e. The molecule has 0 radical (unpaired) electrons. The number of carboxylic acid groups (broad SMARTS) is 1. The summed E-state index contributed by atoms with van der Waals surface area (Å²) in [5.74, 6) is -0.810. The number of fused-ring (bicyclic) bond motifs is 2. The van der Waals surface area contributed by atoms with Crippen LogP contribution in [0.1, 0.15) is 24.0 Å². The summed E-state index contributed by atoms with van der Waals surface area (Å²) in [6.07, 6.45) is 6.57. The van der Waals surface area contributed by atoms with E-state index in [1.807, 2.05) is 30.4 Å². The molecule has 0 spiro atoms. The fourth-order valence-corrected chi connectivity index (χ4v) is 2.06. The fraction of sp³-hybridized carbons (Fsp3) is 0.154. The molecular weight excluding hydrogens is 216 g/mol. The fourth-order valence-electron chi connectivity index (χ4n) is 2.06. The van der Waals surface area contributed by atoms with Crippen molar-refractivity contribution in [2.24, 2.45) is 10.2 Å². The quantitative estimate of drug-likeness (QED) is 0.824. The second kappa shape index (κ2) is 3.66. The van der Waals surface area contributed by atoms with E-state index in [4.69, 9.17) is 5.11 Å². The van der Waals surface area contributed by atoms with Gasteiger partial charge in [-0.2, -0.15) is 10.2 Å². The van der Waals surface area contributed by atoms with Crippen molar-refractivity contribution >= 4 is 23.8 Å². The zero-order valence-electron chi connectivity index (χ0n) is 9.05. The van der Waals surface area contributed by atoms with Crippen molar-refractivity contribution in [3.05, 3.63) is 39.9 Å². The van der Waals surface area contributed by atoms with Crippen LogP contribution in [0, 0.1) is 0 Å². The largest absolute Gasteiger partial charge is 0.481 e. The van der Waals surface area contributed by atoms with Crippen molar-refractivity contribution in [2.45, 2.75) is 12.8 Å². The predicted molar refractivity (Wildman–Crippen MR) is 64.1 cm³/mol. The third-order valence-electron chi connectivity index (χ3n) is 2.92. The Hall–Kier alpha value is -2.23. The molecule has 4 nitrogen and oxygen atoms in total. The number of rotatable bonds is 3. The van der Waals surface area contributed by atoms with Gasteiger partial charge in [0.2, 0.25) is 0 Å². The molecule has 2 aliphatic rings. The van der Waals surface area contributed by atoms with Crippen molar-refractivity contribution in [1.29, 1.82) is 0 Å². The number of aliphatic carboxylic acids is 1. The summed E-state index contributed by atoms with van der Waals surface area (Å²) >= 11 is 0. The predicted octanol–water partition coefficient (Wildman–Crippen LogP) is 0.696. The van der Waals surface area contributed by atoms with E-state index in [1.165, 1.54) is 0 Å². The number of nitrogens with zero attached hydrogens (tertiary/aromatic N) is 2. The Morgan fingerprint density at radius 2 is 2.18 bits per heavy atom. The number of carboxylic acids is 1. The van der Waals surface area contributed by atoms with Crippen molar-refractivity contribution in [3.63, 3.8) is 0 Å². The van der Waals surface area contributed by atoms with Crippen molar-refractivity contribution in [1.82, 2.24) is 0 Å². The summed E-state index contributed by atoms with van der Waals surface area (Å²) in [5.41, 5.74) is 2.87. The highest BCUT2D eigenvalue weighted by atomic mass is 16.4. The minimum Gasteiger partial charge on any atom is -0.481 e. The third-order valence-corrected chi connectivity index (χ3v) is 2.92. The molecule has 1 aliphatic heterocycles. The molecular formula is C13H10N2O2. The van der Waals surface area contributed by atoms with Gasteiger partial charge in [-0.3, -0.25) is 4.79 Å². The van der Waals surface area contributed by atoms with E-state index in [0.717, 1.165) is 27.4 Å². The van der Waals surface area contributed by atoms with Crippen molar-refractivity contribution < 1.29 is 9.90 Å². The van der Waals surface area contributed by atoms with Gasteiger partial charge < -0.3 is 5.11 Å². The molecule has 4 heteroatoms. The normalized spacial score (nSPS) is 14.7. The van der Waals surface area contributed by atoms with Crippen molar-refractivity contribution in [2.75, 3.05) is 0 Å². The molecule has 0 bridgehead atoms. The zero-order chi connectivity index (χ0) is 11.8. The Morgan fingerprint density at radius 1 is 1.29 bits per heavy atom. The Balaban J connectivity index is 1.97. The van der Waals surface area contributed by atoms with Gasteiger partial charge in [0.05, 0.1) is 17.5 Å². The lowest BCUT2D eigenvalue weighted by atomic mass is 10.0. The second-order valence-electron chi connectivity index (χ2n) is 4.06. The second-order valence-corrected chi connectivity index (χ2v) is 4.06. The van der Waals surface area contributed by atoms with E-state index < -0.39 is 5.97 Å². The number of allylic oxidation sites excluding steroid dienone is 1. The standard InChI is InChI=1S/C13H10N2O2/c16-13(17)5-4-11-10-6-8-2-1-3-9(8)7-12(10)15-14-11/h1-3,6-7H,4-5H2,(H,16,17). The van der Waals surface area contributed by atoms with Crippen LogP contribution in [0.3, 0.4) is 0 Å². The van der Waals surface area contributed by atoms with Crippen LogP contribution >= 0.6 is 0 Å². The van der Waals surface area contributed by atoms with Gasteiger partial charge in [0.1, 0.15) is 0 Å². The van der Waals surface area contributed by atoms with Gasteiger partial charge in [-0.15, -0.1) is 0 Å². The molecule has 84 valence electrons. The molecule has 0 atom stereocenters. The van der Waals surface area contributed by atoms with Gasteiger partial charge >= 0.3 is 5.97 Å². The smallest absolute Gasteiger partial charge is 0.303 e. The maximum absolute atomic E-state index is 10.6. The zero-order valence-corrected chi connectivity index (χ0v) is 9.05. The SMILES string of the molecule is O=C(O)CCC1=NN=c2cc3c(cc21)=CC=C3. The molecule has 0 saturated heterocycles. The summed E-state index contributed by atoms with van der Waals surface area (Å²) in [7, 11) is 0. The van der Waals surface area contributed by atoms with Gasteiger partial charge in [0.25, 0.3) is 0 Å². The Labute approximate surface area is 97.3 Å². The third kappa shape index (κ3) is 1.67. The van der Waals surface area contributed by atoms with Gasteiger partial charge in [-0.05, 0) is 22.9 Å². The van der Waals surface area contributed by atoms with E-state index in [-0.39, 0.29) is 6.42 Å². The lowest BCUT2D eigenvalue weighted by Gasteiger charge is -2.00. The minimum absolute atomic E-state index is 0.0901. The molecule has 0 fully saturated rings. The van der Waals surface area contributed by atoms with Gasteiger partial charge in [-0.25, -0.2) is 0 Å². The monoisotopic (exact) mass is 226 g/mol. The average molecular weight is 226 g/mol. The van der Waals surface area contributed by atoms with Crippen LogP contribution in [0.5, 0.6) is 0 Å². The van der Waals surface area contributed by atoms with Gasteiger partial charge in [-0.1, -0.05) is 18.2 Å². The molecule has 0 unspecified atom stereocenters. The summed E-state index contributed by atoms with van der Waals surface area (Å²) in [6.45, 7) is 0. The summed E-state index contributed by atoms with van der Waals surface area (Å²) in [6, 6.07) is 4.02. The molecule has 17 heavy (non-hydrogen) atoms. The minimum atomic E-state index is -0.810. The van der Waals surface area contributed by atoms with Crippen LogP contribution < -0.4 is 10.6 Å². The molecule has 0 aromatic heterocycles. The number of hydrogen-bond acceptors (Lipinski definition) is 3. The number of benzene rings is 1. The van der Waals surface area contributed by atoms with Gasteiger partial charge in [0, 0.05) is 12.0 Å². The highest BCUT2D eigenvalue weighted by Crippen LogP contribution is 2.09. The molecule has 1 heterocycles. The Kier molecular flexibility index (Phi) is 2.14. The molecule has 1 aromatic rings. The highest BCUT2D eigenvalue weighted by Gasteiger charge is 2.14. The van der Waals surface area contributed by atoms with Crippen LogP contribution in [0.4, 0.5) is 0 Å². The first-order valence-electron chi connectivity index (χ1n) is 5.43. The van der Waals surface area contributed by atoms with E-state index in [0.29, 0.717) is 6.42 Å². The number of carbonyl (C=O) groups is 1. The summed E-state index contributed by atoms with van der Waals surface area (Å²) in [5, 5.41) is 18.8. The molecule has 1 N–H and O–H groups in total. The topological polar surface area (TPSA) is 62.0 Å². The van der Waals surface area contributed by atoms with E-state index in [9.17, 15) is 4.79 Å². The number of hydrogen-bond donors (Lipinski definition) is 1. The van der Waals surface area contributed by atoms with E-state index in [2.05, 4.69) is 10.2 Å². The summed E-state index contributed by atoms with van der Waals surface area (Å²) in [4.78, 5) is 10.6. The van der Waals surface area contributed by atoms with Crippen molar-refractivity contribution in [3.8, 4) is 0 Å². The van der Waals surface area contributed by atoms with Crippen LogP contribution in [-0.2, 0) is 4.79 Å². The van der Waals surface area contributed by atoms with Crippen LogP contribution in [0.2, 0.25) is 0 Å². The van der Waals surface area contributed by atoms with Crippen LogP contribution in [-0.4, -0.2) is 16.8 Å². The van der Waals surface area contributed by atoms with Crippen LogP contribution in [0.15, 0.2) is 28.4 Å². The summed E-state index contributed by atoms with van der Waals surface area (Å²) < 4.78 is 0. The Morgan fingerprint density at radius 3 is 3.00 bits per heavy atom. The molecule has 1 aliphatic carbocycles. The van der Waals surface area contributed by atoms with E-state index >= 15 is 0 Å². The van der Waals surface area contributed by atoms with Crippen LogP contribution in [0.25, 0.3) is 12.2 Å². The first-order valence-corrected chi connectivity index (χ1v) is 5.43. The highest BCUT2D eigenvalue weighted by molar-refractivity contribution is 6.02. The lowest BCUT2D eigenvalue weighted by molar-refractivity contribution is -0.136. The molecule has 1 aromatic carbocycles. The van der Waals surface area contributed by atoms with E-state index in [1.54, 1.807) is 0 Å². The van der Waals surface area contributed by atoms with Gasteiger partial charge in [0.15, 0.2) is 0 Å². The first kappa shape index (κ1) is 9.96. The lowest BCUT2D eigenvalue weighted by Crippen LogP contribution is -2.18. The Bertz CT molecular complexity index is 684.